The van der Waals surface area contributed by atoms with Crippen LogP contribution in [0.4, 0.5) is 17.6 Å². The molecule has 0 saturated carbocycles. The Balaban J connectivity index is 0.00000361. The molecular weight excluding hydrogens is 300 g/mol. The van der Waals surface area contributed by atoms with Crippen LogP contribution in [-0.4, -0.2) is 11.9 Å². The van der Waals surface area contributed by atoms with E-state index in [9.17, 15) is 22.4 Å². The summed E-state index contributed by atoms with van der Waals surface area (Å²) in [5, 5.41) is 2.32. The van der Waals surface area contributed by atoms with Gasteiger partial charge >= 0.3 is 6.18 Å². The molecule has 1 atom stereocenters. The summed E-state index contributed by atoms with van der Waals surface area (Å²) in [4.78, 5) is 11.3. The summed E-state index contributed by atoms with van der Waals surface area (Å²) < 4.78 is 50.8. The fourth-order valence-corrected chi connectivity index (χ4v) is 1.53. The monoisotopic (exact) mass is 314 g/mol. The lowest BCUT2D eigenvalue weighted by atomic mass is 10.1. The van der Waals surface area contributed by atoms with Gasteiger partial charge in [-0.25, -0.2) is 4.39 Å². The van der Waals surface area contributed by atoms with Gasteiger partial charge in [-0.2, -0.15) is 13.2 Å². The third-order valence-corrected chi connectivity index (χ3v) is 2.36. The highest BCUT2D eigenvalue weighted by Crippen LogP contribution is 2.32. The van der Waals surface area contributed by atoms with Gasteiger partial charge in [-0.05, 0) is 24.6 Å². The predicted octanol–water partition coefficient (Wildman–Crippen LogP) is 2.62. The molecule has 0 aliphatic carbocycles. The van der Waals surface area contributed by atoms with Gasteiger partial charge in [0.25, 0.3) is 0 Å². The summed E-state index contributed by atoms with van der Waals surface area (Å²) in [6.45, 7) is 1.29. The molecule has 1 unspecified atom stereocenters. The lowest BCUT2D eigenvalue weighted by molar-refractivity contribution is -0.138. The second-order valence-electron chi connectivity index (χ2n) is 4.26. The number of halogens is 5. The number of carbonyl (C=O) groups excluding carboxylic acids is 1. The first kappa shape index (κ1) is 18.7. The van der Waals surface area contributed by atoms with Crippen molar-refractivity contribution < 1.29 is 22.4 Å². The molecule has 3 N–H and O–H groups in total. The average molecular weight is 315 g/mol. The molecule has 20 heavy (non-hydrogen) atoms. The second kappa shape index (κ2) is 7.44. The van der Waals surface area contributed by atoms with Crippen molar-refractivity contribution in [2.75, 3.05) is 0 Å². The number of rotatable bonds is 4. The maximum atomic E-state index is 12.8. The first-order valence-corrected chi connectivity index (χ1v) is 5.58. The Morgan fingerprint density at radius 1 is 1.40 bits per heavy atom. The fraction of sp³-hybridized carbons (Fsp3) is 0.417. The number of nitrogens with two attached hydrogens (primary N) is 1. The van der Waals surface area contributed by atoms with Crippen LogP contribution >= 0.6 is 12.4 Å². The van der Waals surface area contributed by atoms with Crippen LogP contribution in [0.3, 0.4) is 0 Å². The van der Waals surface area contributed by atoms with E-state index >= 15 is 0 Å². The predicted molar refractivity (Wildman–Crippen MR) is 68.8 cm³/mol. The molecule has 1 aromatic rings. The van der Waals surface area contributed by atoms with Gasteiger partial charge in [0, 0.05) is 19.0 Å². The van der Waals surface area contributed by atoms with Crippen LogP contribution < -0.4 is 11.1 Å². The highest BCUT2D eigenvalue weighted by Gasteiger charge is 2.33. The number of hydrogen-bond donors (Lipinski definition) is 2. The molecule has 8 heteroatoms. The quantitative estimate of drug-likeness (QED) is 0.839. The van der Waals surface area contributed by atoms with E-state index < -0.39 is 23.5 Å². The zero-order valence-electron chi connectivity index (χ0n) is 10.6. The molecule has 0 aliphatic heterocycles. The number of alkyl halides is 3. The Labute approximate surface area is 119 Å². The van der Waals surface area contributed by atoms with Crippen LogP contribution in [0.25, 0.3) is 0 Å². The SMILES string of the molecule is CC(N)CC(=O)NCc1ccc(F)cc1C(F)(F)F.Cl. The molecule has 0 fully saturated rings. The summed E-state index contributed by atoms with van der Waals surface area (Å²) in [6, 6.07) is 1.95. The smallest absolute Gasteiger partial charge is 0.352 e. The highest BCUT2D eigenvalue weighted by atomic mass is 35.5. The molecule has 0 aromatic heterocycles. The molecular formula is C12H15ClF4N2O. The van der Waals surface area contributed by atoms with Gasteiger partial charge in [-0.1, -0.05) is 6.07 Å². The van der Waals surface area contributed by atoms with Crippen molar-refractivity contribution in [1.82, 2.24) is 5.32 Å². The molecule has 0 saturated heterocycles. The van der Waals surface area contributed by atoms with Crippen molar-refractivity contribution in [2.45, 2.75) is 32.1 Å². The first-order chi connectivity index (χ1) is 8.70. The largest absolute Gasteiger partial charge is 0.416 e. The lowest BCUT2D eigenvalue weighted by Gasteiger charge is -2.14. The summed E-state index contributed by atoms with van der Waals surface area (Å²) in [7, 11) is 0. The standard InChI is InChI=1S/C12H14F4N2O.ClH/c1-7(17)4-11(19)18-6-8-2-3-9(13)5-10(8)12(14,15)16;/h2-3,5,7H,4,6,17H2,1H3,(H,18,19);1H. The second-order valence-corrected chi connectivity index (χ2v) is 4.26. The molecule has 114 valence electrons. The van der Waals surface area contributed by atoms with Crippen molar-refractivity contribution in [3.05, 3.63) is 35.1 Å². The van der Waals surface area contributed by atoms with Crippen molar-refractivity contribution in [1.29, 1.82) is 0 Å². The Hall–Kier alpha value is -1.34. The molecule has 0 bridgehead atoms. The van der Waals surface area contributed by atoms with Gasteiger partial charge in [-0.15, -0.1) is 12.4 Å². The van der Waals surface area contributed by atoms with Crippen LogP contribution in [0, 0.1) is 5.82 Å². The van der Waals surface area contributed by atoms with Crippen molar-refractivity contribution in [2.24, 2.45) is 5.73 Å². The maximum Gasteiger partial charge on any atom is 0.416 e. The van der Waals surface area contributed by atoms with Gasteiger partial charge < -0.3 is 11.1 Å². The van der Waals surface area contributed by atoms with E-state index in [4.69, 9.17) is 5.73 Å². The van der Waals surface area contributed by atoms with Gasteiger partial charge in [0.1, 0.15) is 5.82 Å². The molecule has 3 nitrogen and oxygen atoms in total. The van der Waals surface area contributed by atoms with Crippen LogP contribution in [0.2, 0.25) is 0 Å². The van der Waals surface area contributed by atoms with E-state index in [1.807, 2.05) is 0 Å². The topological polar surface area (TPSA) is 55.1 Å². The molecule has 0 heterocycles. The normalized spacial score (nSPS) is 12.5. The van der Waals surface area contributed by atoms with E-state index in [2.05, 4.69) is 5.32 Å². The molecule has 0 radical (unpaired) electrons. The Bertz CT molecular complexity index is 463. The third-order valence-electron chi connectivity index (χ3n) is 2.36. The molecule has 0 spiro atoms. The van der Waals surface area contributed by atoms with Crippen molar-refractivity contribution >= 4 is 18.3 Å². The molecule has 1 aromatic carbocycles. The minimum absolute atomic E-state index is 0. The van der Waals surface area contributed by atoms with Gasteiger partial charge in [0.15, 0.2) is 0 Å². The van der Waals surface area contributed by atoms with E-state index in [-0.39, 0.29) is 37.0 Å². The average Bonchev–Trinajstić information content (AvgIpc) is 2.25. The Kier molecular flexibility index (Phi) is 6.95. The minimum atomic E-state index is -4.66. The van der Waals surface area contributed by atoms with Crippen molar-refractivity contribution in [3.63, 3.8) is 0 Å². The van der Waals surface area contributed by atoms with Gasteiger partial charge in [0.05, 0.1) is 5.56 Å². The van der Waals surface area contributed by atoms with E-state index in [0.29, 0.717) is 6.07 Å². The highest BCUT2D eigenvalue weighted by molar-refractivity contribution is 5.85. The van der Waals surface area contributed by atoms with Crippen molar-refractivity contribution in [3.8, 4) is 0 Å². The molecule has 0 aliphatic rings. The van der Waals surface area contributed by atoms with Gasteiger partial charge in [0.2, 0.25) is 5.91 Å². The number of nitrogens with one attached hydrogen (secondary N) is 1. The number of benzene rings is 1. The number of carbonyl (C=O) groups is 1. The minimum Gasteiger partial charge on any atom is -0.352 e. The van der Waals surface area contributed by atoms with E-state index in [1.54, 1.807) is 6.92 Å². The number of amides is 1. The lowest BCUT2D eigenvalue weighted by Crippen LogP contribution is -2.30. The zero-order chi connectivity index (χ0) is 14.6. The summed E-state index contributed by atoms with van der Waals surface area (Å²) >= 11 is 0. The summed E-state index contributed by atoms with van der Waals surface area (Å²) in [5.41, 5.74) is 4.11. The summed E-state index contributed by atoms with van der Waals surface area (Å²) in [6.07, 6.45) is -4.65. The fourth-order valence-electron chi connectivity index (χ4n) is 1.53. The third kappa shape index (κ3) is 5.75. The van der Waals surface area contributed by atoms with Crippen LogP contribution in [0.5, 0.6) is 0 Å². The van der Waals surface area contributed by atoms with E-state index in [1.165, 1.54) is 0 Å². The zero-order valence-corrected chi connectivity index (χ0v) is 11.4. The molecule has 1 rings (SSSR count). The maximum absolute atomic E-state index is 12.8. The van der Waals surface area contributed by atoms with Crippen LogP contribution in [0.15, 0.2) is 18.2 Å². The van der Waals surface area contributed by atoms with Crippen LogP contribution in [-0.2, 0) is 17.5 Å². The Morgan fingerprint density at radius 2 is 2.00 bits per heavy atom. The molecule has 1 amide bonds. The summed E-state index contributed by atoms with van der Waals surface area (Å²) in [5.74, 6) is -1.43. The first-order valence-electron chi connectivity index (χ1n) is 5.58. The van der Waals surface area contributed by atoms with Crippen LogP contribution in [0.1, 0.15) is 24.5 Å². The van der Waals surface area contributed by atoms with Gasteiger partial charge in [-0.3, -0.25) is 4.79 Å². The number of hydrogen-bond acceptors (Lipinski definition) is 2. The van der Waals surface area contributed by atoms with E-state index in [0.717, 1.165) is 12.1 Å². The Morgan fingerprint density at radius 3 is 2.50 bits per heavy atom.